The maximum absolute atomic E-state index is 12.7. The minimum atomic E-state index is -1.54. The van der Waals surface area contributed by atoms with Crippen molar-refractivity contribution in [2.24, 2.45) is 0 Å². The van der Waals surface area contributed by atoms with Crippen LogP contribution in [0.2, 0.25) is 0 Å². The second-order valence-electron chi connectivity index (χ2n) is 6.05. The van der Waals surface area contributed by atoms with E-state index in [-0.39, 0.29) is 28.1 Å². The van der Waals surface area contributed by atoms with E-state index in [2.05, 4.69) is 30.8 Å². The van der Waals surface area contributed by atoms with Gasteiger partial charge in [0.15, 0.2) is 0 Å². The number of carbonyl (C=O) groups is 3. The van der Waals surface area contributed by atoms with Crippen LogP contribution in [0.4, 0.5) is 10.7 Å². The third kappa shape index (κ3) is 3.90. The van der Waals surface area contributed by atoms with Crippen molar-refractivity contribution in [2.45, 2.75) is 23.1 Å². The van der Waals surface area contributed by atoms with Crippen molar-refractivity contribution in [3.8, 4) is 0 Å². The average Bonchev–Trinajstić information content (AvgIpc) is 3.35. The molecule has 2 aliphatic rings. The highest BCUT2D eigenvalue weighted by molar-refractivity contribution is 8.01. The van der Waals surface area contributed by atoms with Crippen molar-refractivity contribution < 1.29 is 29.3 Å². The van der Waals surface area contributed by atoms with Gasteiger partial charge in [-0.25, -0.2) is 14.5 Å². The Balaban J connectivity index is 1.50. The zero-order valence-electron chi connectivity index (χ0n) is 15.0. The van der Waals surface area contributed by atoms with Crippen LogP contribution in [-0.2, 0) is 20.9 Å². The molecule has 1 unspecified atom stereocenters. The minimum absolute atomic E-state index is 0.0431. The van der Waals surface area contributed by atoms with Crippen molar-refractivity contribution in [2.75, 3.05) is 16.8 Å². The Morgan fingerprint density at radius 1 is 1.43 bits per heavy atom. The number of rotatable bonds is 8. The molecule has 1 saturated heterocycles. The molecule has 0 radical (unpaired) electrons. The van der Waals surface area contributed by atoms with Crippen LogP contribution in [0.5, 0.6) is 0 Å². The van der Waals surface area contributed by atoms with E-state index in [1.54, 1.807) is 12.4 Å². The first kappa shape index (κ1) is 20.0. The Morgan fingerprint density at radius 2 is 2.27 bits per heavy atom. The molecule has 1 fully saturated rings. The van der Waals surface area contributed by atoms with Crippen LogP contribution in [-0.4, -0.2) is 86.2 Å². The second kappa shape index (κ2) is 8.23. The Kier molecular flexibility index (Phi) is 5.49. The third-order valence-corrected chi connectivity index (χ3v) is 6.51. The Bertz CT molecular complexity index is 1010. The van der Waals surface area contributed by atoms with Gasteiger partial charge in [0.05, 0.1) is 0 Å². The van der Waals surface area contributed by atoms with Crippen molar-refractivity contribution in [3.05, 3.63) is 23.8 Å². The normalized spacial score (nSPS) is 20.5. The van der Waals surface area contributed by atoms with Gasteiger partial charge in [0.1, 0.15) is 18.0 Å². The van der Waals surface area contributed by atoms with Crippen LogP contribution in [0.3, 0.4) is 0 Å². The molecule has 2 atom stereocenters. The smallest absolute Gasteiger partial charge is 0.480 e. The number of carboxylic acid groups (broad SMARTS) is 2. The third-order valence-electron chi connectivity index (χ3n) is 4.13. The highest BCUT2D eigenvalue weighted by atomic mass is 32.2. The lowest BCUT2D eigenvalue weighted by atomic mass is 10.1. The molecule has 0 aliphatic carbocycles. The highest BCUT2D eigenvalue weighted by Gasteiger charge is 2.53. The summed E-state index contributed by atoms with van der Waals surface area (Å²) in [5.74, 6) is -0.444. The number of hydrogen-bond acceptors (Lipinski definition) is 11. The monoisotopic (exact) mass is 454 g/mol. The number of carbonyl (C=O) groups excluding carboxylic acids is 1. The van der Waals surface area contributed by atoms with Crippen LogP contribution in [0, 0.1) is 0 Å². The number of aromatic nitrogens is 6. The van der Waals surface area contributed by atoms with E-state index in [4.69, 9.17) is 14.9 Å². The van der Waals surface area contributed by atoms with E-state index in [1.165, 1.54) is 16.7 Å². The molecule has 1 amide bonds. The number of ether oxygens (including phenoxy) is 1. The van der Waals surface area contributed by atoms with Gasteiger partial charge in [-0.15, -0.1) is 16.9 Å². The molecule has 14 nitrogen and oxygen atoms in total. The first-order valence-corrected chi connectivity index (χ1v) is 10.4. The van der Waals surface area contributed by atoms with Gasteiger partial charge in [-0.3, -0.25) is 14.5 Å². The lowest BCUT2D eigenvalue weighted by Gasteiger charge is -2.49. The van der Waals surface area contributed by atoms with Crippen LogP contribution >= 0.6 is 23.5 Å². The van der Waals surface area contributed by atoms with Crippen molar-refractivity contribution >= 4 is 47.5 Å². The average molecular weight is 454 g/mol. The van der Waals surface area contributed by atoms with E-state index < -0.39 is 24.7 Å². The molecule has 30 heavy (non-hydrogen) atoms. The van der Waals surface area contributed by atoms with Crippen molar-refractivity contribution in [3.63, 3.8) is 0 Å². The fraction of sp³-hybridized carbons (Fsp3) is 0.357. The molecule has 0 aromatic carbocycles. The van der Waals surface area contributed by atoms with Crippen LogP contribution in [0.15, 0.2) is 29.0 Å². The molecule has 16 heteroatoms. The summed E-state index contributed by atoms with van der Waals surface area (Å²) in [6.45, 7) is -0.408. The van der Waals surface area contributed by atoms with E-state index in [0.29, 0.717) is 17.3 Å². The summed E-state index contributed by atoms with van der Waals surface area (Å²) in [6.07, 6.45) is 1.62. The number of anilines is 1. The van der Waals surface area contributed by atoms with E-state index in [1.807, 2.05) is 0 Å². The number of nitrogens with one attached hydrogen (secondary N) is 2. The summed E-state index contributed by atoms with van der Waals surface area (Å²) < 4.78 is 6.04. The molecule has 4 N–H and O–H groups in total. The first-order chi connectivity index (χ1) is 14.4. The highest BCUT2D eigenvalue weighted by Crippen LogP contribution is 2.42. The Morgan fingerprint density at radius 3 is 2.97 bits per heavy atom. The number of H-pyrrole nitrogens is 1. The van der Waals surface area contributed by atoms with Gasteiger partial charge in [0, 0.05) is 29.5 Å². The molecular weight excluding hydrogens is 440 g/mol. The van der Waals surface area contributed by atoms with Gasteiger partial charge >= 0.3 is 12.1 Å². The number of imidazole rings is 1. The summed E-state index contributed by atoms with van der Waals surface area (Å²) >= 11 is 2.56. The summed E-state index contributed by atoms with van der Waals surface area (Å²) in [4.78, 5) is 42.9. The predicted molar refractivity (Wildman–Crippen MR) is 101 cm³/mol. The number of hydrogen-bond donors (Lipinski definition) is 4. The second-order valence-corrected chi connectivity index (χ2v) is 8.10. The topological polar surface area (TPSA) is 188 Å². The van der Waals surface area contributed by atoms with Crippen LogP contribution in [0.25, 0.3) is 0 Å². The number of tetrazole rings is 1. The van der Waals surface area contributed by atoms with Crippen molar-refractivity contribution in [1.29, 1.82) is 0 Å². The van der Waals surface area contributed by atoms with Gasteiger partial charge in [-0.1, -0.05) is 11.8 Å². The SMILES string of the molecule is O=C(O)Cn1nnnc1SCC1=C(OC(=O)O)N2C(=O)C(Nc3ncc[nH]3)[C@@H]2SC1. The number of nitrogens with zero attached hydrogens (tertiary/aromatic N) is 6. The Labute approximate surface area is 176 Å². The van der Waals surface area contributed by atoms with Gasteiger partial charge in [-0.2, -0.15) is 0 Å². The molecule has 158 valence electrons. The van der Waals surface area contributed by atoms with E-state index in [0.717, 1.165) is 16.4 Å². The fourth-order valence-corrected chi connectivity index (χ4v) is 5.20. The van der Waals surface area contributed by atoms with E-state index >= 15 is 0 Å². The minimum Gasteiger partial charge on any atom is -0.480 e. The van der Waals surface area contributed by atoms with Crippen LogP contribution < -0.4 is 5.32 Å². The zero-order valence-corrected chi connectivity index (χ0v) is 16.6. The largest absolute Gasteiger partial charge is 0.512 e. The molecule has 4 heterocycles. The summed E-state index contributed by atoms with van der Waals surface area (Å²) in [6, 6.07) is -0.578. The maximum atomic E-state index is 12.7. The predicted octanol–water partition coefficient (Wildman–Crippen LogP) is -0.125. The number of amides is 1. The van der Waals surface area contributed by atoms with Gasteiger partial charge < -0.3 is 25.3 Å². The lowest BCUT2D eigenvalue weighted by Crippen LogP contribution is -2.67. The number of aromatic amines is 1. The summed E-state index contributed by atoms with van der Waals surface area (Å²) in [5.41, 5.74) is 0.554. The molecular formula is C14H14N8O6S2. The summed E-state index contributed by atoms with van der Waals surface area (Å²) in [5, 5.41) is 31.7. The van der Waals surface area contributed by atoms with Gasteiger partial charge in [0.25, 0.3) is 5.91 Å². The van der Waals surface area contributed by atoms with E-state index in [9.17, 15) is 14.4 Å². The Hall–Kier alpha value is -3.27. The van der Waals surface area contributed by atoms with Crippen molar-refractivity contribution in [1.82, 2.24) is 35.1 Å². The molecule has 2 aliphatic heterocycles. The number of β-lactam (4-membered cyclic amide) rings is 1. The first-order valence-electron chi connectivity index (χ1n) is 8.38. The number of aliphatic carboxylic acids is 1. The standard InChI is InChI=1S/C14H14N8O6S2/c23-7(24)3-21-13(18-19-20-21)30-5-6-4-29-11-8(17-12-15-1-2-16-12)9(25)22(11)10(6)28-14(26)27/h1-2,8,11H,3-5H2,(H,23,24)(H,26,27)(H2,15,16,17)/t8?,11-/m0/s1. The molecule has 0 bridgehead atoms. The zero-order chi connectivity index (χ0) is 21.3. The van der Waals surface area contributed by atoms with Gasteiger partial charge in [-0.05, 0) is 10.4 Å². The number of thioether (sulfide) groups is 2. The maximum Gasteiger partial charge on any atom is 0.512 e. The molecule has 4 rings (SSSR count). The molecule has 0 spiro atoms. The summed E-state index contributed by atoms with van der Waals surface area (Å²) in [7, 11) is 0. The fourth-order valence-electron chi connectivity index (χ4n) is 2.88. The number of fused-ring (bicyclic) bond motifs is 1. The van der Waals surface area contributed by atoms with Gasteiger partial charge in [0.2, 0.25) is 17.0 Å². The quantitative estimate of drug-likeness (QED) is 0.235. The lowest BCUT2D eigenvalue weighted by molar-refractivity contribution is -0.143. The van der Waals surface area contributed by atoms with Crippen LogP contribution in [0.1, 0.15) is 0 Å². The molecule has 2 aromatic rings. The molecule has 2 aromatic heterocycles. The molecule has 0 saturated carbocycles. The number of carboxylic acids is 1.